The van der Waals surface area contributed by atoms with Gasteiger partial charge in [0.05, 0.1) is 6.04 Å². The van der Waals surface area contributed by atoms with E-state index in [2.05, 4.69) is 5.32 Å². The lowest BCUT2D eigenvalue weighted by Gasteiger charge is -2.40. The van der Waals surface area contributed by atoms with Crippen LogP contribution >= 0.6 is 0 Å². The fraction of sp³-hybridized carbons (Fsp3) is 0.444. The Morgan fingerprint density at radius 2 is 1.77 bits per heavy atom. The SMILES string of the molecule is CN[C@H]1Cc2ccccc2N([C@@H](Cc2ccccc2)C(=O)N2CCC[C@H]2C(=O)O[Si](C)(C)C)C1=O. The predicted molar refractivity (Wildman–Crippen MR) is 139 cm³/mol. The van der Waals surface area contributed by atoms with Gasteiger partial charge in [-0.15, -0.1) is 0 Å². The molecule has 7 nitrogen and oxygen atoms in total. The lowest BCUT2D eigenvalue weighted by molar-refractivity contribution is -0.147. The number of hydrogen-bond donors (Lipinski definition) is 1. The van der Waals surface area contributed by atoms with Crippen molar-refractivity contribution in [2.45, 2.75) is 63.4 Å². The maximum Gasteiger partial charge on any atom is 0.315 e. The molecular weight excluding hydrogens is 458 g/mol. The van der Waals surface area contributed by atoms with Crippen molar-refractivity contribution in [2.24, 2.45) is 0 Å². The van der Waals surface area contributed by atoms with Crippen molar-refractivity contribution in [2.75, 3.05) is 18.5 Å². The monoisotopic (exact) mass is 493 g/mol. The van der Waals surface area contributed by atoms with Crippen LogP contribution in [0.15, 0.2) is 54.6 Å². The Balaban J connectivity index is 1.73. The lowest BCUT2D eigenvalue weighted by Crippen LogP contribution is -2.60. The van der Waals surface area contributed by atoms with Crippen LogP contribution in [0.3, 0.4) is 0 Å². The van der Waals surface area contributed by atoms with Gasteiger partial charge in [0.1, 0.15) is 12.1 Å². The third kappa shape index (κ3) is 5.49. The van der Waals surface area contributed by atoms with Gasteiger partial charge in [0.25, 0.3) is 0 Å². The van der Waals surface area contributed by atoms with E-state index in [0.717, 1.165) is 23.2 Å². The zero-order valence-corrected chi connectivity index (χ0v) is 22.0. The fourth-order valence-corrected chi connectivity index (χ4v) is 5.76. The highest BCUT2D eigenvalue weighted by atomic mass is 28.4. The van der Waals surface area contributed by atoms with Crippen molar-refractivity contribution in [3.63, 3.8) is 0 Å². The fourth-order valence-electron chi connectivity index (χ4n) is 5.02. The average molecular weight is 494 g/mol. The number of benzene rings is 2. The van der Waals surface area contributed by atoms with Crippen LogP contribution in [0, 0.1) is 0 Å². The second kappa shape index (κ2) is 10.3. The van der Waals surface area contributed by atoms with E-state index in [1.54, 1.807) is 16.8 Å². The molecule has 1 N–H and O–H groups in total. The Hall–Kier alpha value is -2.97. The number of amides is 2. The van der Waals surface area contributed by atoms with E-state index in [-0.39, 0.29) is 17.8 Å². The number of nitrogens with one attached hydrogen (secondary N) is 1. The summed E-state index contributed by atoms with van der Waals surface area (Å²) in [5.41, 5.74) is 2.75. The van der Waals surface area contributed by atoms with E-state index in [1.165, 1.54) is 0 Å². The number of para-hydroxylation sites is 1. The Kier molecular flexibility index (Phi) is 7.42. The second-order valence-electron chi connectivity index (χ2n) is 10.3. The van der Waals surface area contributed by atoms with Crippen LogP contribution in [0.5, 0.6) is 0 Å². The standard InChI is InChI=1S/C27H35N3O4Si/c1-28-21-18-20-13-8-9-14-22(20)30(25(21)31)24(17-19-11-6-5-7-12-19)26(32)29-16-10-15-23(29)27(33)34-35(2,3)4/h5-9,11-14,21,23-24,28H,10,15-18H2,1-4H3/t21-,23-,24-/m0/s1. The van der Waals surface area contributed by atoms with E-state index in [4.69, 9.17) is 4.43 Å². The Morgan fingerprint density at radius 1 is 1.09 bits per heavy atom. The summed E-state index contributed by atoms with van der Waals surface area (Å²) in [6, 6.07) is 15.7. The lowest BCUT2D eigenvalue weighted by atomic mass is 9.93. The van der Waals surface area contributed by atoms with Crippen LogP contribution < -0.4 is 10.2 Å². The summed E-state index contributed by atoms with van der Waals surface area (Å²) >= 11 is 0. The van der Waals surface area contributed by atoms with Crippen LogP contribution in [0.1, 0.15) is 24.0 Å². The number of carbonyl (C=O) groups is 3. The number of likely N-dealkylation sites (N-methyl/N-ethyl adjacent to an activating group) is 1. The zero-order chi connectivity index (χ0) is 25.2. The first-order valence-electron chi connectivity index (χ1n) is 12.3. The van der Waals surface area contributed by atoms with Crippen molar-refractivity contribution in [1.82, 2.24) is 10.2 Å². The number of likely N-dealkylation sites (tertiary alicyclic amines) is 1. The second-order valence-corrected chi connectivity index (χ2v) is 14.7. The van der Waals surface area contributed by atoms with Crippen LogP contribution in [0.25, 0.3) is 0 Å². The summed E-state index contributed by atoms with van der Waals surface area (Å²) in [7, 11) is -0.336. The summed E-state index contributed by atoms with van der Waals surface area (Å²) < 4.78 is 5.77. The Labute approximate surface area is 208 Å². The van der Waals surface area contributed by atoms with Crippen molar-refractivity contribution in [3.05, 3.63) is 65.7 Å². The number of nitrogens with zero attached hydrogens (tertiary/aromatic N) is 2. The molecule has 4 rings (SSSR count). The molecule has 0 bridgehead atoms. The number of rotatable bonds is 7. The van der Waals surface area contributed by atoms with Crippen LogP contribution in [-0.4, -0.2) is 62.7 Å². The zero-order valence-electron chi connectivity index (χ0n) is 21.0. The molecule has 3 atom stereocenters. The minimum Gasteiger partial charge on any atom is -0.518 e. The molecule has 0 unspecified atom stereocenters. The molecule has 2 amide bonds. The van der Waals surface area contributed by atoms with Crippen molar-refractivity contribution >= 4 is 31.8 Å². The largest absolute Gasteiger partial charge is 0.518 e. The molecule has 0 aromatic heterocycles. The first-order chi connectivity index (χ1) is 16.7. The molecule has 8 heteroatoms. The molecular formula is C27H35N3O4Si. The molecule has 0 saturated carbocycles. The van der Waals surface area contributed by atoms with Gasteiger partial charge in [-0.1, -0.05) is 48.5 Å². The molecule has 0 aliphatic carbocycles. The van der Waals surface area contributed by atoms with Gasteiger partial charge in [-0.2, -0.15) is 0 Å². The highest BCUT2D eigenvalue weighted by Gasteiger charge is 2.44. The summed E-state index contributed by atoms with van der Waals surface area (Å²) in [6.07, 6.45) is 2.25. The quantitative estimate of drug-likeness (QED) is 0.600. The molecule has 35 heavy (non-hydrogen) atoms. The van der Waals surface area contributed by atoms with Gasteiger partial charge in [0.15, 0.2) is 0 Å². The minimum absolute atomic E-state index is 0.124. The molecule has 0 spiro atoms. The van der Waals surface area contributed by atoms with Crippen molar-refractivity contribution in [1.29, 1.82) is 0 Å². The van der Waals surface area contributed by atoms with Gasteiger partial charge in [-0.3, -0.25) is 19.3 Å². The maximum absolute atomic E-state index is 14.2. The summed E-state index contributed by atoms with van der Waals surface area (Å²) in [5, 5.41) is 3.12. The first-order valence-corrected chi connectivity index (χ1v) is 15.8. The van der Waals surface area contributed by atoms with E-state index >= 15 is 0 Å². The average Bonchev–Trinajstić information content (AvgIpc) is 3.32. The van der Waals surface area contributed by atoms with Gasteiger partial charge in [0.2, 0.25) is 20.1 Å². The maximum atomic E-state index is 14.2. The van der Waals surface area contributed by atoms with E-state index in [9.17, 15) is 14.4 Å². The number of carbonyl (C=O) groups excluding carboxylic acids is 3. The smallest absolute Gasteiger partial charge is 0.315 e. The van der Waals surface area contributed by atoms with E-state index in [0.29, 0.717) is 25.8 Å². The highest BCUT2D eigenvalue weighted by Crippen LogP contribution is 2.32. The summed E-state index contributed by atoms with van der Waals surface area (Å²) in [4.78, 5) is 44.2. The molecule has 2 aromatic rings. The molecule has 0 radical (unpaired) electrons. The number of fused-ring (bicyclic) bond motifs is 1. The normalized spacial score (nSPS) is 21.0. The van der Waals surface area contributed by atoms with Crippen LogP contribution in [0.4, 0.5) is 5.69 Å². The van der Waals surface area contributed by atoms with E-state index < -0.39 is 26.4 Å². The molecule has 186 valence electrons. The van der Waals surface area contributed by atoms with Crippen molar-refractivity contribution < 1.29 is 18.8 Å². The topological polar surface area (TPSA) is 79.0 Å². The number of hydrogen-bond acceptors (Lipinski definition) is 5. The third-order valence-corrected chi connectivity index (χ3v) is 7.46. The van der Waals surface area contributed by atoms with Gasteiger partial charge in [0, 0.05) is 18.7 Å². The van der Waals surface area contributed by atoms with Gasteiger partial charge in [-0.25, -0.2) is 0 Å². The van der Waals surface area contributed by atoms with Crippen molar-refractivity contribution in [3.8, 4) is 0 Å². The summed E-state index contributed by atoms with van der Waals surface area (Å²) in [5.74, 6) is -0.656. The summed E-state index contributed by atoms with van der Waals surface area (Å²) in [6.45, 7) is 6.37. The van der Waals surface area contributed by atoms with E-state index in [1.807, 2.05) is 74.2 Å². The van der Waals surface area contributed by atoms with Gasteiger partial charge >= 0.3 is 5.97 Å². The Bertz CT molecular complexity index is 1090. The molecule has 1 saturated heterocycles. The molecule has 2 aromatic carbocycles. The number of anilines is 1. The molecule has 2 heterocycles. The first kappa shape index (κ1) is 25.1. The minimum atomic E-state index is -2.11. The van der Waals surface area contributed by atoms with Gasteiger partial charge < -0.3 is 14.6 Å². The highest BCUT2D eigenvalue weighted by molar-refractivity contribution is 6.71. The van der Waals surface area contributed by atoms with Crippen LogP contribution in [-0.2, 0) is 31.7 Å². The Morgan fingerprint density at radius 3 is 2.46 bits per heavy atom. The molecule has 2 aliphatic heterocycles. The third-order valence-electron chi connectivity index (χ3n) is 6.64. The molecule has 1 fully saturated rings. The predicted octanol–water partition coefficient (Wildman–Crippen LogP) is 3.14. The van der Waals surface area contributed by atoms with Gasteiger partial charge in [-0.05, 0) is 63.1 Å². The molecule has 2 aliphatic rings. The van der Waals surface area contributed by atoms with Crippen LogP contribution in [0.2, 0.25) is 19.6 Å².